The zero-order chi connectivity index (χ0) is 25.4. The highest BCUT2D eigenvalue weighted by atomic mass is 32.2. The Morgan fingerprint density at radius 3 is 1.94 bits per heavy atom. The SMILES string of the molecule is CC(=O)OCC1O[C@@H](Sc2ccc(C#N)c(C#N)c2)C(OC(C)=O)C(OC(C)=O)[C@H]1OC(C)=O. The number of benzene rings is 1. The van der Waals surface area contributed by atoms with Gasteiger partial charge in [-0.1, -0.05) is 11.8 Å². The molecule has 5 atom stereocenters. The van der Waals surface area contributed by atoms with E-state index in [0.717, 1.165) is 32.5 Å². The van der Waals surface area contributed by atoms with Gasteiger partial charge in [0.2, 0.25) is 0 Å². The third-order valence-corrected chi connectivity index (χ3v) is 5.57. The molecule has 0 saturated carbocycles. The number of hydrogen-bond acceptors (Lipinski definition) is 12. The van der Waals surface area contributed by atoms with Gasteiger partial charge in [-0.25, -0.2) is 0 Å². The van der Waals surface area contributed by atoms with E-state index in [4.69, 9.17) is 28.9 Å². The Balaban J connectivity index is 2.50. The Morgan fingerprint density at radius 2 is 1.41 bits per heavy atom. The fourth-order valence-corrected chi connectivity index (χ4v) is 4.35. The topological polar surface area (TPSA) is 162 Å². The van der Waals surface area contributed by atoms with Crippen LogP contribution in [0.15, 0.2) is 23.1 Å². The van der Waals surface area contributed by atoms with Crippen molar-refractivity contribution >= 4 is 35.6 Å². The van der Waals surface area contributed by atoms with E-state index in [0.29, 0.717) is 4.90 Å². The maximum absolute atomic E-state index is 11.9. The van der Waals surface area contributed by atoms with Crippen molar-refractivity contribution in [2.45, 2.75) is 62.4 Å². The third-order valence-electron chi connectivity index (χ3n) is 4.43. The van der Waals surface area contributed by atoms with E-state index >= 15 is 0 Å². The molecule has 34 heavy (non-hydrogen) atoms. The minimum absolute atomic E-state index is 0.123. The number of carbonyl (C=O) groups is 4. The highest BCUT2D eigenvalue weighted by Crippen LogP contribution is 2.38. The second-order valence-corrected chi connectivity index (χ2v) is 8.29. The molecule has 1 fully saturated rings. The summed E-state index contributed by atoms with van der Waals surface area (Å²) in [4.78, 5) is 47.4. The number of ether oxygens (including phenoxy) is 5. The maximum Gasteiger partial charge on any atom is 0.303 e. The number of carbonyl (C=O) groups excluding carboxylic acids is 4. The molecular weight excluding hydrogens is 468 g/mol. The molecule has 0 bridgehead atoms. The summed E-state index contributed by atoms with van der Waals surface area (Å²) in [6, 6.07) is 8.31. The van der Waals surface area contributed by atoms with E-state index in [-0.39, 0.29) is 17.7 Å². The lowest BCUT2D eigenvalue weighted by atomic mass is 9.99. The van der Waals surface area contributed by atoms with Gasteiger partial charge in [0.25, 0.3) is 0 Å². The van der Waals surface area contributed by atoms with E-state index in [9.17, 15) is 24.4 Å². The summed E-state index contributed by atoms with van der Waals surface area (Å²) in [7, 11) is 0. The monoisotopic (exact) mass is 490 g/mol. The summed E-state index contributed by atoms with van der Waals surface area (Å²) in [5, 5.41) is 18.4. The van der Waals surface area contributed by atoms with Crippen molar-refractivity contribution in [2.75, 3.05) is 6.61 Å². The number of rotatable bonds is 7. The van der Waals surface area contributed by atoms with Gasteiger partial charge in [0.05, 0.1) is 11.1 Å². The Bertz CT molecular complexity index is 1050. The average molecular weight is 490 g/mol. The Hall–Kier alpha value is -3.61. The van der Waals surface area contributed by atoms with E-state index in [1.807, 2.05) is 12.1 Å². The molecule has 1 aromatic rings. The van der Waals surface area contributed by atoms with Crippen LogP contribution in [0.1, 0.15) is 38.8 Å². The molecule has 2 rings (SSSR count). The second-order valence-electron chi connectivity index (χ2n) is 7.12. The summed E-state index contributed by atoms with van der Waals surface area (Å²) in [5.74, 6) is -2.79. The van der Waals surface area contributed by atoms with Gasteiger partial charge in [-0.3, -0.25) is 19.2 Å². The van der Waals surface area contributed by atoms with Gasteiger partial charge in [-0.05, 0) is 18.2 Å². The number of nitrogens with zero attached hydrogens (tertiary/aromatic N) is 2. The largest absolute Gasteiger partial charge is 0.463 e. The number of thioether (sulfide) groups is 1. The lowest BCUT2D eigenvalue weighted by Gasteiger charge is -2.44. The molecule has 1 aliphatic heterocycles. The lowest BCUT2D eigenvalue weighted by Crippen LogP contribution is -2.61. The van der Waals surface area contributed by atoms with Crippen LogP contribution in [0.25, 0.3) is 0 Å². The molecule has 180 valence electrons. The first-order valence-corrected chi connectivity index (χ1v) is 10.8. The third kappa shape index (κ3) is 7.20. The number of nitriles is 2. The number of hydrogen-bond donors (Lipinski definition) is 0. The van der Waals surface area contributed by atoms with Gasteiger partial charge in [-0.15, -0.1) is 0 Å². The van der Waals surface area contributed by atoms with Gasteiger partial charge in [0.15, 0.2) is 18.3 Å². The fraction of sp³-hybridized carbons (Fsp3) is 0.455. The standard InChI is InChI=1S/C22H22N2O9S/c1-11(25)29-10-18-19(30-12(2)26)20(31-13(3)27)21(32-14(4)28)22(33-18)34-17-6-5-15(8-23)16(7-17)9-24/h5-7,18-22H,10H2,1-4H3/t18?,19-,20?,21?,22-/m0/s1. The predicted octanol–water partition coefficient (Wildman–Crippen LogP) is 1.61. The van der Waals surface area contributed by atoms with E-state index in [1.165, 1.54) is 19.1 Å². The molecule has 1 saturated heterocycles. The average Bonchev–Trinajstić information content (AvgIpc) is 2.75. The Morgan fingerprint density at radius 1 is 0.853 bits per heavy atom. The van der Waals surface area contributed by atoms with Gasteiger partial charge in [0, 0.05) is 32.6 Å². The smallest absolute Gasteiger partial charge is 0.303 e. The van der Waals surface area contributed by atoms with Crippen LogP contribution in [-0.2, 0) is 42.9 Å². The van der Waals surface area contributed by atoms with Gasteiger partial charge >= 0.3 is 23.9 Å². The molecule has 12 heteroatoms. The molecule has 0 N–H and O–H groups in total. The normalized spacial score (nSPS) is 23.5. The van der Waals surface area contributed by atoms with Crippen molar-refractivity contribution in [3.8, 4) is 12.1 Å². The van der Waals surface area contributed by atoms with Crippen molar-refractivity contribution in [3.63, 3.8) is 0 Å². The van der Waals surface area contributed by atoms with E-state index in [2.05, 4.69) is 0 Å². The van der Waals surface area contributed by atoms with E-state index < -0.39 is 53.7 Å². The van der Waals surface area contributed by atoms with Crippen molar-refractivity contribution in [3.05, 3.63) is 29.3 Å². The molecule has 1 aliphatic rings. The molecule has 0 aliphatic carbocycles. The maximum atomic E-state index is 11.9. The summed E-state index contributed by atoms with van der Waals surface area (Å²) in [6.07, 6.45) is -4.84. The highest BCUT2D eigenvalue weighted by Gasteiger charge is 2.52. The van der Waals surface area contributed by atoms with Crippen LogP contribution in [0.2, 0.25) is 0 Å². The summed E-state index contributed by atoms with van der Waals surface area (Å²) >= 11 is 1.02. The molecule has 0 radical (unpaired) electrons. The zero-order valence-corrected chi connectivity index (χ0v) is 19.6. The summed E-state index contributed by atoms with van der Waals surface area (Å²) in [6.45, 7) is 4.25. The fourth-order valence-electron chi connectivity index (χ4n) is 3.20. The van der Waals surface area contributed by atoms with Crippen LogP contribution >= 0.6 is 11.8 Å². The van der Waals surface area contributed by atoms with Gasteiger partial charge in [-0.2, -0.15) is 10.5 Å². The summed E-state index contributed by atoms with van der Waals surface area (Å²) < 4.78 is 27.1. The first kappa shape index (κ1) is 26.6. The minimum atomic E-state index is -1.29. The predicted molar refractivity (Wildman–Crippen MR) is 114 cm³/mol. The first-order valence-electron chi connectivity index (χ1n) is 9.97. The highest BCUT2D eigenvalue weighted by molar-refractivity contribution is 7.99. The quantitative estimate of drug-likeness (QED) is 0.401. The molecule has 1 heterocycles. The lowest BCUT2D eigenvalue weighted by molar-refractivity contribution is -0.237. The van der Waals surface area contributed by atoms with Crippen molar-refractivity contribution in [1.82, 2.24) is 0 Å². The second kappa shape index (κ2) is 12.0. The van der Waals surface area contributed by atoms with Crippen LogP contribution in [0.5, 0.6) is 0 Å². The molecule has 1 aromatic carbocycles. The first-order chi connectivity index (χ1) is 16.0. The van der Waals surface area contributed by atoms with Crippen LogP contribution in [0, 0.1) is 22.7 Å². The van der Waals surface area contributed by atoms with Gasteiger partial charge in [0.1, 0.15) is 30.3 Å². The zero-order valence-electron chi connectivity index (χ0n) is 18.8. The van der Waals surface area contributed by atoms with Crippen molar-refractivity contribution in [2.24, 2.45) is 0 Å². The molecule has 11 nitrogen and oxygen atoms in total. The van der Waals surface area contributed by atoms with Crippen LogP contribution < -0.4 is 0 Å². The van der Waals surface area contributed by atoms with E-state index in [1.54, 1.807) is 6.07 Å². The Labute approximate surface area is 199 Å². The van der Waals surface area contributed by atoms with Crippen LogP contribution in [0.3, 0.4) is 0 Å². The minimum Gasteiger partial charge on any atom is -0.463 e. The van der Waals surface area contributed by atoms with Crippen LogP contribution in [-0.4, -0.2) is 60.3 Å². The van der Waals surface area contributed by atoms with Gasteiger partial charge < -0.3 is 23.7 Å². The molecule has 3 unspecified atom stereocenters. The molecular formula is C22H22N2O9S. The molecule has 0 aromatic heterocycles. The van der Waals surface area contributed by atoms with Crippen molar-refractivity contribution < 1.29 is 42.9 Å². The van der Waals surface area contributed by atoms with Crippen molar-refractivity contribution in [1.29, 1.82) is 10.5 Å². The van der Waals surface area contributed by atoms with Crippen LogP contribution in [0.4, 0.5) is 0 Å². The number of esters is 4. The Kier molecular flexibility index (Phi) is 9.42. The molecule has 0 amide bonds. The summed E-state index contributed by atoms with van der Waals surface area (Å²) in [5.41, 5.74) is -0.730. The molecule has 0 spiro atoms.